The highest BCUT2D eigenvalue weighted by molar-refractivity contribution is 9.10. The number of ether oxygens (including phenoxy) is 1. The summed E-state index contributed by atoms with van der Waals surface area (Å²) in [5, 5.41) is 3.59. The van der Waals surface area contributed by atoms with E-state index in [1.165, 1.54) is 31.7 Å². The fraction of sp³-hybridized carbons (Fsp3) is 0.625. The Morgan fingerprint density at radius 1 is 1.40 bits per heavy atom. The third-order valence-corrected chi connectivity index (χ3v) is 5.58. The number of halogens is 2. The lowest BCUT2D eigenvalue weighted by atomic mass is 9.60. The minimum Gasteiger partial charge on any atom is -0.490 e. The molecule has 1 N–H and O–H groups in total. The van der Waals surface area contributed by atoms with Gasteiger partial charge in [0.15, 0.2) is 0 Å². The van der Waals surface area contributed by atoms with Crippen LogP contribution >= 0.6 is 15.9 Å². The zero-order valence-electron chi connectivity index (χ0n) is 11.8. The summed E-state index contributed by atoms with van der Waals surface area (Å²) in [6.45, 7) is 3.16. The van der Waals surface area contributed by atoms with E-state index in [1.54, 1.807) is 6.07 Å². The zero-order chi connectivity index (χ0) is 14.2. The highest BCUT2D eigenvalue weighted by Crippen LogP contribution is 2.54. The largest absolute Gasteiger partial charge is 0.490 e. The van der Waals surface area contributed by atoms with Crippen molar-refractivity contribution < 1.29 is 9.13 Å². The first-order chi connectivity index (χ1) is 9.65. The minimum atomic E-state index is -0.259. The summed E-state index contributed by atoms with van der Waals surface area (Å²) < 4.78 is 20.2. The fourth-order valence-corrected chi connectivity index (χ4v) is 4.11. The first-order valence-electron chi connectivity index (χ1n) is 7.51. The molecular weight excluding hydrogens is 321 g/mol. The van der Waals surface area contributed by atoms with Crippen molar-refractivity contribution in [2.75, 3.05) is 6.54 Å². The van der Waals surface area contributed by atoms with Crippen LogP contribution in [0.2, 0.25) is 0 Å². The predicted molar refractivity (Wildman–Crippen MR) is 81.5 cm³/mol. The highest BCUT2D eigenvalue weighted by Gasteiger charge is 2.57. The van der Waals surface area contributed by atoms with E-state index in [1.807, 2.05) is 6.07 Å². The average Bonchev–Trinajstić information content (AvgIpc) is 2.94. The molecule has 110 valence electrons. The SMILES string of the molecule is CCNC1CC(Oc2ccc(Br)c(F)c2)C12CCCC2. The van der Waals surface area contributed by atoms with Crippen LogP contribution in [0.4, 0.5) is 4.39 Å². The smallest absolute Gasteiger partial charge is 0.141 e. The Hall–Kier alpha value is -0.610. The van der Waals surface area contributed by atoms with Gasteiger partial charge in [-0.2, -0.15) is 0 Å². The highest BCUT2D eigenvalue weighted by atomic mass is 79.9. The predicted octanol–water partition coefficient (Wildman–Crippen LogP) is 4.28. The molecule has 2 aliphatic carbocycles. The van der Waals surface area contributed by atoms with Gasteiger partial charge in [-0.05, 0) is 47.4 Å². The van der Waals surface area contributed by atoms with Crippen LogP contribution in [0.25, 0.3) is 0 Å². The maximum atomic E-state index is 13.6. The van der Waals surface area contributed by atoms with Gasteiger partial charge in [0.2, 0.25) is 0 Å². The van der Waals surface area contributed by atoms with Crippen molar-refractivity contribution in [2.45, 2.75) is 51.2 Å². The van der Waals surface area contributed by atoms with Gasteiger partial charge in [0.1, 0.15) is 17.7 Å². The topological polar surface area (TPSA) is 21.3 Å². The molecule has 0 aliphatic heterocycles. The van der Waals surface area contributed by atoms with Gasteiger partial charge in [-0.1, -0.05) is 19.8 Å². The Labute approximate surface area is 128 Å². The molecule has 0 radical (unpaired) electrons. The standard InChI is InChI=1S/C16H21BrFNO/c1-2-19-14-10-15(16(14)7-3-4-8-16)20-11-5-6-12(17)13(18)9-11/h5-6,9,14-15,19H,2-4,7-8,10H2,1H3. The van der Waals surface area contributed by atoms with Gasteiger partial charge >= 0.3 is 0 Å². The number of hydrogen-bond donors (Lipinski definition) is 1. The summed E-state index contributed by atoms with van der Waals surface area (Å²) in [5.41, 5.74) is 0.277. The second kappa shape index (κ2) is 5.64. The van der Waals surface area contributed by atoms with Crippen LogP contribution in [0.5, 0.6) is 5.75 Å². The molecule has 0 bridgehead atoms. The van der Waals surface area contributed by atoms with Crippen LogP contribution in [0.15, 0.2) is 22.7 Å². The van der Waals surface area contributed by atoms with E-state index < -0.39 is 0 Å². The Morgan fingerprint density at radius 2 is 2.15 bits per heavy atom. The maximum Gasteiger partial charge on any atom is 0.141 e. The number of nitrogens with one attached hydrogen (secondary N) is 1. The van der Waals surface area contributed by atoms with Crippen molar-refractivity contribution in [3.63, 3.8) is 0 Å². The first kappa shape index (κ1) is 14.3. The third kappa shape index (κ3) is 2.37. The molecule has 20 heavy (non-hydrogen) atoms. The molecule has 1 aromatic rings. The Bertz CT molecular complexity index is 487. The summed E-state index contributed by atoms with van der Waals surface area (Å²) in [6, 6.07) is 5.61. The van der Waals surface area contributed by atoms with Crippen molar-refractivity contribution >= 4 is 15.9 Å². The Kier molecular flexibility index (Phi) is 4.04. The normalized spacial score (nSPS) is 27.6. The van der Waals surface area contributed by atoms with Crippen LogP contribution in [-0.4, -0.2) is 18.7 Å². The van der Waals surface area contributed by atoms with Gasteiger partial charge in [0.05, 0.1) is 4.47 Å². The van der Waals surface area contributed by atoms with Crippen molar-refractivity contribution in [1.29, 1.82) is 0 Å². The number of benzene rings is 1. The lowest BCUT2D eigenvalue weighted by molar-refractivity contribution is -0.0756. The van der Waals surface area contributed by atoms with Crippen molar-refractivity contribution in [3.8, 4) is 5.75 Å². The van der Waals surface area contributed by atoms with E-state index in [0.717, 1.165) is 13.0 Å². The third-order valence-electron chi connectivity index (χ3n) is 4.94. The van der Waals surface area contributed by atoms with Crippen LogP contribution < -0.4 is 10.1 Å². The second-order valence-corrected chi connectivity index (χ2v) is 6.82. The van der Waals surface area contributed by atoms with Crippen molar-refractivity contribution in [1.82, 2.24) is 5.32 Å². The van der Waals surface area contributed by atoms with E-state index in [0.29, 0.717) is 16.3 Å². The molecule has 1 aromatic carbocycles. The van der Waals surface area contributed by atoms with Gasteiger partial charge in [-0.15, -0.1) is 0 Å². The van der Waals surface area contributed by atoms with E-state index in [2.05, 4.69) is 28.2 Å². The summed E-state index contributed by atoms with van der Waals surface area (Å²) >= 11 is 3.18. The molecule has 0 saturated heterocycles. The maximum absolute atomic E-state index is 13.6. The molecule has 2 nitrogen and oxygen atoms in total. The molecule has 2 aliphatic rings. The molecule has 0 aromatic heterocycles. The number of rotatable bonds is 4. The molecule has 3 rings (SSSR count). The minimum absolute atomic E-state index is 0.231. The van der Waals surface area contributed by atoms with Crippen molar-refractivity contribution in [3.05, 3.63) is 28.5 Å². The van der Waals surface area contributed by atoms with E-state index >= 15 is 0 Å². The Morgan fingerprint density at radius 3 is 2.80 bits per heavy atom. The molecule has 2 atom stereocenters. The summed E-state index contributed by atoms with van der Waals surface area (Å²) in [4.78, 5) is 0. The first-order valence-corrected chi connectivity index (χ1v) is 8.30. The van der Waals surface area contributed by atoms with Gasteiger partial charge in [-0.3, -0.25) is 0 Å². The molecule has 0 amide bonds. The summed E-state index contributed by atoms with van der Waals surface area (Å²) in [6.07, 6.45) is 6.30. The summed E-state index contributed by atoms with van der Waals surface area (Å²) in [7, 11) is 0. The molecule has 2 fully saturated rings. The van der Waals surface area contributed by atoms with Gasteiger partial charge < -0.3 is 10.1 Å². The number of hydrogen-bond acceptors (Lipinski definition) is 2. The quantitative estimate of drug-likeness (QED) is 0.882. The van der Waals surface area contributed by atoms with Crippen molar-refractivity contribution in [2.24, 2.45) is 5.41 Å². The van der Waals surface area contributed by atoms with E-state index in [9.17, 15) is 4.39 Å². The van der Waals surface area contributed by atoms with Crippen LogP contribution in [0, 0.1) is 11.2 Å². The molecule has 0 heterocycles. The lowest BCUT2D eigenvalue weighted by Crippen LogP contribution is -2.63. The Balaban J connectivity index is 1.72. The van der Waals surface area contributed by atoms with Gasteiger partial charge in [-0.25, -0.2) is 4.39 Å². The second-order valence-electron chi connectivity index (χ2n) is 5.97. The zero-order valence-corrected chi connectivity index (χ0v) is 13.4. The van der Waals surface area contributed by atoms with Crippen LogP contribution in [-0.2, 0) is 0 Å². The lowest BCUT2D eigenvalue weighted by Gasteiger charge is -2.54. The fourth-order valence-electron chi connectivity index (χ4n) is 3.86. The molecule has 4 heteroatoms. The average molecular weight is 342 g/mol. The van der Waals surface area contributed by atoms with Gasteiger partial charge in [0, 0.05) is 23.9 Å². The summed E-state index contributed by atoms with van der Waals surface area (Å²) in [5.74, 6) is 0.391. The molecule has 2 saturated carbocycles. The van der Waals surface area contributed by atoms with E-state index in [4.69, 9.17) is 4.74 Å². The molecule has 1 spiro atoms. The molecular formula is C16H21BrFNO. The van der Waals surface area contributed by atoms with Crippen LogP contribution in [0.3, 0.4) is 0 Å². The van der Waals surface area contributed by atoms with E-state index in [-0.39, 0.29) is 17.3 Å². The molecule has 2 unspecified atom stereocenters. The van der Waals surface area contributed by atoms with Gasteiger partial charge in [0.25, 0.3) is 0 Å². The monoisotopic (exact) mass is 341 g/mol. The van der Waals surface area contributed by atoms with Crippen LogP contribution in [0.1, 0.15) is 39.0 Å².